The molecule has 0 aliphatic carbocycles. The van der Waals surface area contributed by atoms with Gasteiger partial charge in [-0.05, 0) is 58.0 Å². The first-order valence-corrected chi connectivity index (χ1v) is 10.6. The number of aryl methyl sites for hydroxylation is 1. The Kier molecular flexibility index (Phi) is 7.57. The zero-order valence-electron chi connectivity index (χ0n) is 18.7. The van der Waals surface area contributed by atoms with E-state index in [1.165, 1.54) is 0 Å². The molecule has 0 saturated carbocycles. The van der Waals surface area contributed by atoms with Crippen LogP contribution in [0.2, 0.25) is 0 Å². The number of likely N-dealkylation sites (tertiary alicyclic amines) is 1. The Morgan fingerprint density at radius 2 is 2.10 bits per heavy atom. The Bertz CT molecular complexity index is 931. The maximum absolute atomic E-state index is 12.7. The molecule has 0 bridgehead atoms. The van der Waals surface area contributed by atoms with E-state index < -0.39 is 0 Å². The standard InChI is InChI=1S/C23H31N5O3/c1-16-19(23(30)25-13-17-8-7-9-18(12-17)31-4)14-24-22(26-16)20-10-5-6-11-28(20)21(29)15-27(2)3/h7-9,12,14,20H,5-6,10-11,13,15H2,1-4H3,(H,25,30)/t20-/m0/s1. The van der Waals surface area contributed by atoms with Gasteiger partial charge in [0.05, 0.1) is 31.0 Å². The van der Waals surface area contributed by atoms with Crippen molar-refractivity contribution in [2.75, 3.05) is 34.3 Å². The fraction of sp³-hybridized carbons (Fsp3) is 0.478. The summed E-state index contributed by atoms with van der Waals surface area (Å²) in [6, 6.07) is 7.41. The average molecular weight is 426 g/mol. The summed E-state index contributed by atoms with van der Waals surface area (Å²) in [7, 11) is 5.38. The van der Waals surface area contributed by atoms with Crippen LogP contribution in [-0.2, 0) is 11.3 Å². The maximum Gasteiger partial charge on any atom is 0.254 e. The van der Waals surface area contributed by atoms with E-state index in [4.69, 9.17) is 4.74 Å². The summed E-state index contributed by atoms with van der Waals surface area (Å²) in [5.41, 5.74) is 1.99. The largest absolute Gasteiger partial charge is 0.497 e. The molecule has 1 aliphatic heterocycles. The van der Waals surface area contributed by atoms with Gasteiger partial charge in [0.15, 0.2) is 5.82 Å². The number of hydrogen-bond acceptors (Lipinski definition) is 6. The first-order chi connectivity index (χ1) is 14.9. The van der Waals surface area contributed by atoms with Gasteiger partial charge in [-0.15, -0.1) is 0 Å². The van der Waals surface area contributed by atoms with Crippen molar-refractivity contribution >= 4 is 11.8 Å². The Hall–Kier alpha value is -3.00. The van der Waals surface area contributed by atoms with Crippen LogP contribution in [0.15, 0.2) is 30.5 Å². The molecule has 8 heteroatoms. The Morgan fingerprint density at radius 1 is 1.29 bits per heavy atom. The van der Waals surface area contributed by atoms with Gasteiger partial charge in [-0.25, -0.2) is 9.97 Å². The monoisotopic (exact) mass is 425 g/mol. The summed E-state index contributed by atoms with van der Waals surface area (Å²) >= 11 is 0. The highest BCUT2D eigenvalue weighted by Gasteiger charge is 2.30. The van der Waals surface area contributed by atoms with Crippen LogP contribution in [0.5, 0.6) is 5.75 Å². The van der Waals surface area contributed by atoms with Crippen molar-refractivity contribution in [2.45, 2.75) is 38.8 Å². The van der Waals surface area contributed by atoms with Crippen LogP contribution in [0.1, 0.15) is 52.7 Å². The topological polar surface area (TPSA) is 87.7 Å². The van der Waals surface area contributed by atoms with Crippen molar-refractivity contribution in [3.05, 3.63) is 53.1 Å². The molecule has 1 aromatic heterocycles. The van der Waals surface area contributed by atoms with Crippen LogP contribution in [0.3, 0.4) is 0 Å². The lowest BCUT2D eigenvalue weighted by Gasteiger charge is -2.35. The number of amides is 2. The van der Waals surface area contributed by atoms with Gasteiger partial charge < -0.3 is 19.9 Å². The van der Waals surface area contributed by atoms with E-state index in [2.05, 4.69) is 15.3 Å². The number of nitrogens with zero attached hydrogens (tertiary/aromatic N) is 4. The number of methoxy groups -OCH3 is 1. The highest BCUT2D eigenvalue weighted by atomic mass is 16.5. The molecule has 1 atom stereocenters. The van der Waals surface area contributed by atoms with Crippen LogP contribution in [0, 0.1) is 6.92 Å². The van der Waals surface area contributed by atoms with Crippen LogP contribution in [-0.4, -0.2) is 65.9 Å². The lowest BCUT2D eigenvalue weighted by Crippen LogP contribution is -2.43. The van der Waals surface area contributed by atoms with E-state index in [1.54, 1.807) is 20.2 Å². The normalized spacial score (nSPS) is 16.3. The first kappa shape index (κ1) is 22.7. The molecule has 2 amide bonds. The molecule has 2 heterocycles. The van der Waals surface area contributed by atoms with Crippen molar-refractivity contribution in [3.8, 4) is 5.75 Å². The number of carbonyl (C=O) groups excluding carboxylic acids is 2. The summed E-state index contributed by atoms with van der Waals surface area (Å²) in [4.78, 5) is 38.2. The fourth-order valence-corrected chi connectivity index (χ4v) is 3.79. The molecule has 166 valence electrons. The number of hydrogen-bond donors (Lipinski definition) is 1. The molecule has 8 nitrogen and oxygen atoms in total. The van der Waals surface area contributed by atoms with Gasteiger partial charge in [-0.3, -0.25) is 9.59 Å². The van der Waals surface area contributed by atoms with Crippen molar-refractivity contribution < 1.29 is 14.3 Å². The predicted molar refractivity (Wildman–Crippen MR) is 118 cm³/mol. The second-order valence-electron chi connectivity index (χ2n) is 8.10. The minimum atomic E-state index is -0.226. The van der Waals surface area contributed by atoms with Gasteiger partial charge in [0.25, 0.3) is 5.91 Å². The number of piperidine rings is 1. The molecule has 1 saturated heterocycles. The highest BCUT2D eigenvalue weighted by Crippen LogP contribution is 2.29. The Morgan fingerprint density at radius 3 is 2.81 bits per heavy atom. The molecule has 0 unspecified atom stereocenters. The second kappa shape index (κ2) is 10.3. The van der Waals surface area contributed by atoms with Crippen molar-refractivity contribution in [1.29, 1.82) is 0 Å². The van der Waals surface area contributed by atoms with Gasteiger partial charge in [-0.1, -0.05) is 12.1 Å². The first-order valence-electron chi connectivity index (χ1n) is 10.6. The lowest BCUT2D eigenvalue weighted by molar-refractivity contribution is -0.135. The number of nitrogens with one attached hydrogen (secondary N) is 1. The summed E-state index contributed by atoms with van der Waals surface area (Å²) < 4.78 is 5.22. The maximum atomic E-state index is 12.7. The summed E-state index contributed by atoms with van der Waals surface area (Å²) in [6.07, 6.45) is 4.42. The third-order valence-corrected chi connectivity index (χ3v) is 5.40. The van der Waals surface area contributed by atoms with Crippen LogP contribution < -0.4 is 10.1 Å². The third kappa shape index (κ3) is 5.79. The molecule has 3 rings (SSSR count). The predicted octanol–water partition coefficient (Wildman–Crippen LogP) is 2.34. The number of rotatable bonds is 7. The average Bonchev–Trinajstić information content (AvgIpc) is 2.77. The molecule has 1 fully saturated rings. The molecule has 0 spiro atoms. The zero-order chi connectivity index (χ0) is 22.4. The van der Waals surface area contributed by atoms with Gasteiger partial charge in [0, 0.05) is 19.3 Å². The van der Waals surface area contributed by atoms with Crippen molar-refractivity contribution in [2.24, 2.45) is 0 Å². The lowest BCUT2D eigenvalue weighted by atomic mass is 10.0. The van der Waals surface area contributed by atoms with E-state index in [9.17, 15) is 9.59 Å². The van der Waals surface area contributed by atoms with E-state index in [0.717, 1.165) is 30.6 Å². The summed E-state index contributed by atoms with van der Waals surface area (Å²) in [5, 5.41) is 2.91. The van der Waals surface area contributed by atoms with E-state index in [0.29, 0.717) is 36.7 Å². The molecule has 1 aromatic carbocycles. The number of benzene rings is 1. The van der Waals surface area contributed by atoms with E-state index >= 15 is 0 Å². The SMILES string of the molecule is COc1cccc(CNC(=O)c2cnc([C@@H]3CCCCN3C(=O)CN(C)C)nc2C)c1. The molecule has 2 aromatic rings. The molecular formula is C23H31N5O3. The van der Waals surface area contributed by atoms with Gasteiger partial charge in [-0.2, -0.15) is 0 Å². The van der Waals surface area contributed by atoms with Crippen LogP contribution in [0.4, 0.5) is 0 Å². The zero-order valence-corrected chi connectivity index (χ0v) is 18.7. The number of carbonyl (C=O) groups is 2. The minimum absolute atomic E-state index is 0.0797. The molecule has 0 radical (unpaired) electrons. The molecule has 1 aliphatic rings. The second-order valence-corrected chi connectivity index (χ2v) is 8.10. The highest BCUT2D eigenvalue weighted by molar-refractivity contribution is 5.94. The number of ether oxygens (including phenoxy) is 1. The summed E-state index contributed by atoms with van der Waals surface area (Å²) in [6.45, 7) is 3.26. The molecule has 1 N–H and O–H groups in total. The number of likely N-dealkylation sites (N-methyl/N-ethyl adjacent to an activating group) is 1. The van der Waals surface area contributed by atoms with Gasteiger partial charge in [0.2, 0.25) is 5.91 Å². The van der Waals surface area contributed by atoms with Crippen molar-refractivity contribution in [1.82, 2.24) is 25.1 Å². The van der Waals surface area contributed by atoms with Gasteiger partial charge in [0.1, 0.15) is 5.75 Å². The quantitative estimate of drug-likeness (QED) is 0.733. The Labute approximate surface area is 183 Å². The third-order valence-electron chi connectivity index (χ3n) is 5.40. The summed E-state index contributed by atoms with van der Waals surface area (Å²) in [5.74, 6) is 1.21. The smallest absolute Gasteiger partial charge is 0.254 e. The molecular weight excluding hydrogens is 394 g/mol. The van der Waals surface area contributed by atoms with E-state index in [1.807, 2.05) is 48.2 Å². The molecule has 31 heavy (non-hydrogen) atoms. The minimum Gasteiger partial charge on any atom is -0.497 e. The van der Waals surface area contributed by atoms with Crippen LogP contribution >= 0.6 is 0 Å². The van der Waals surface area contributed by atoms with Gasteiger partial charge >= 0.3 is 0 Å². The van der Waals surface area contributed by atoms with E-state index in [-0.39, 0.29) is 17.9 Å². The number of aromatic nitrogens is 2. The fourth-order valence-electron chi connectivity index (χ4n) is 3.79. The Balaban J connectivity index is 1.70. The van der Waals surface area contributed by atoms with Crippen LogP contribution in [0.25, 0.3) is 0 Å². The van der Waals surface area contributed by atoms with Crippen molar-refractivity contribution in [3.63, 3.8) is 0 Å².